The predicted octanol–water partition coefficient (Wildman–Crippen LogP) is -0.0796. The maximum absolute atomic E-state index is 13.4. The van der Waals surface area contributed by atoms with E-state index in [0.717, 1.165) is 0 Å². The second kappa shape index (κ2) is 16.0. The fourth-order valence-corrected chi connectivity index (χ4v) is 4.50. The molecule has 37 heavy (non-hydrogen) atoms. The Hall–Kier alpha value is -2.93. The molecular formula is C24H41N5O8. The largest absolute Gasteiger partial charge is 0.450 e. The molecule has 0 bridgehead atoms. The Labute approximate surface area is 217 Å². The van der Waals surface area contributed by atoms with Crippen LogP contribution in [0.2, 0.25) is 0 Å². The minimum absolute atomic E-state index is 0.0484. The topological polar surface area (TPSA) is 175 Å². The van der Waals surface area contributed by atoms with Crippen LogP contribution in [0.15, 0.2) is 0 Å². The molecule has 13 heteroatoms. The highest BCUT2D eigenvalue weighted by Crippen LogP contribution is 2.26. The second-order valence-electron chi connectivity index (χ2n) is 9.79. The maximum Gasteiger partial charge on any atom is 0.407 e. The Morgan fingerprint density at radius 3 is 2.46 bits per heavy atom. The summed E-state index contributed by atoms with van der Waals surface area (Å²) in [5.74, 6) is -3.60. The van der Waals surface area contributed by atoms with Crippen LogP contribution in [-0.4, -0.2) is 91.9 Å². The van der Waals surface area contributed by atoms with Gasteiger partial charge < -0.3 is 30.3 Å². The van der Waals surface area contributed by atoms with Gasteiger partial charge in [-0.2, -0.15) is 0 Å². The number of ether oxygens (including phenoxy) is 2. The fourth-order valence-electron chi connectivity index (χ4n) is 4.50. The summed E-state index contributed by atoms with van der Waals surface area (Å²) in [6.07, 6.45) is 1.58. The van der Waals surface area contributed by atoms with Crippen molar-refractivity contribution < 1.29 is 38.7 Å². The molecule has 2 rings (SSSR count). The van der Waals surface area contributed by atoms with Crippen molar-refractivity contribution in [2.45, 2.75) is 58.4 Å². The summed E-state index contributed by atoms with van der Waals surface area (Å²) >= 11 is 0. The van der Waals surface area contributed by atoms with E-state index >= 15 is 0 Å². The second-order valence-corrected chi connectivity index (χ2v) is 9.79. The highest BCUT2D eigenvalue weighted by molar-refractivity contribution is 5.92. The summed E-state index contributed by atoms with van der Waals surface area (Å²) in [6, 6.07) is -0.936. The predicted molar refractivity (Wildman–Crippen MR) is 131 cm³/mol. The van der Waals surface area contributed by atoms with Crippen LogP contribution in [0.3, 0.4) is 0 Å². The number of hydrogen-bond donors (Lipinski definition) is 5. The van der Waals surface area contributed by atoms with Crippen molar-refractivity contribution in [2.75, 3.05) is 46.0 Å². The van der Waals surface area contributed by atoms with Crippen molar-refractivity contribution in [2.24, 2.45) is 17.8 Å². The van der Waals surface area contributed by atoms with Gasteiger partial charge >= 0.3 is 6.09 Å². The van der Waals surface area contributed by atoms with E-state index < -0.39 is 41.7 Å². The van der Waals surface area contributed by atoms with E-state index in [-0.39, 0.29) is 37.8 Å². The Bertz CT molecular complexity index is 787. The van der Waals surface area contributed by atoms with Gasteiger partial charge in [0.25, 0.3) is 0 Å². The van der Waals surface area contributed by atoms with Gasteiger partial charge in [-0.3, -0.25) is 24.4 Å². The van der Waals surface area contributed by atoms with E-state index in [9.17, 15) is 29.2 Å². The first-order valence-electron chi connectivity index (χ1n) is 13.0. The Kier molecular flexibility index (Phi) is 13.1. The quantitative estimate of drug-likeness (QED) is 0.235. The van der Waals surface area contributed by atoms with Gasteiger partial charge in [-0.15, -0.1) is 0 Å². The average Bonchev–Trinajstić information content (AvgIpc) is 2.89. The lowest BCUT2D eigenvalue weighted by Gasteiger charge is -2.29. The van der Waals surface area contributed by atoms with E-state index in [1.807, 2.05) is 13.8 Å². The first-order chi connectivity index (χ1) is 17.7. The molecule has 2 fully saturated rings. The molecule has 210 valence electrons. The van der Waals surface area contributed by atoms with Gasteiger partial charge in [-0.1, -0.05) is 13.8 Å². The van der Waals surface area contributed by atoms with E-state index in [1.54, 1.807) is 10.4 Å². The van der Waals surface area contributed by atoms with Crippen LogP contribution in [0.5, 0.6) is 0 Å². The smallest absolute Gasteiger partial charge is 0.407 e. The van der Waals surface area contributed by atoms with Crippen molar-refractivity contribution in [3.05, 3.63) is 0 Å². The lowest BCUT2D eigenvalue weighted by Crippen LogP contribution is -2.53. The maximum atomic E-state index is 13.4. The van der Waals surface area contributed by atoms with Gasteiger partial charge in [0.1, 0.15) is 6.04 Å². The Morgan fingerprint density at radius 1 is 1.05 bits per heavy atom. The van der Waals surface area contributed by atoms with Crippen molar-refractivity contribution in [1.29, 1.82) is 0 Å². The van der Waals surface area contributed by atoms with Crippen LogP contribution in [0.1, 0.15) is 52.4 Å². The van der Waals surface area contributed by atoms with Crippen molar-refractivity contribution in [3.63, 3.8) is 0 Å². The van der Waals surface area contributed by atoms with Crippen LogP contribution in [0, 0.1) is 17.8 Å². The zero-order valence-electron chi connectivity index (χ0n) is 21.8. The number of cyclic esters (lactones) is 1. The minimum atomic E-state index is -0.936. The van der Waals surface area contributed by atoms with Crippen molar-refractivity contribution in [1.82, 2.24) is 26.3 Å². The molecule has 0 aromatic carbocycles. The standard InChI is InChI=1S/C24H41N5O8/c1-16(2)14-18-17(22(32)28-35)6-5-11-37-24(34)25-8-4-3-7-19(27-21(18)31)23(33)26-15-20(30)29-9-12-36-13-10-29/h16-19,35H,3-15H2,1-2H3,(H,25,34)(H,26,33)(H,27,31)(H,28,32)/t17-,18?,19?/m0/s1. The van der Waals surface area contributed by atoms with Gasteiger partial charge in [0, 0.05) is 25.6 Å². The number of morpholine rings is 1. The molecule has 5 amide bonds. The highest BCUT2D eigenvalue weighted by atomic mass is 16.5. The third-order valence-electron chi connectivity index (χ3n) is 6.49. The normalized spacial score (nSPS) is 24.5. The van der Waals surface area contributed by atoms with E-state index in [4.69, 9.17) is 9.47 Å². The average molecular weight is 528 g/mol. The third-order valence-corrected chi connectivity index (χ3v) is 6.49. The molecule has 2 unspecified atom stereocenters. The van der Waals surface area contributed by atoms with Crippen LogP contribution >= 0.6 is 0 Å². The van der Waals surface area contributed by atoms with Crippen molar-refractivity contribution in [3.8, 4) is 0 Å². The molecule has 5 N–H and O–H groups in total. The van der Waals surface area contributed by atoms with Crippen LogP contribution in [-0.2, 0) is 28.7 Å². The Balaban J connectivity index is 2.17. The summed E-state index contributed by atoms with van der Waals surface area (Å²) in [5.41, 5.74) is 1.64. The van der Waals surface area contributed by atoms with E-state index in [0.29, 0.717) is 58.5 Å². The molecule has 0 aromatic rings. The number of carbonyl (C=O) groups excluding carboxylic acids is 5. The molecule has 13 nitrogen and oxygen atoms in total. The molecule has 3 atom stereocenters. The van der Waals surface area contributed by atoms with Crippen molar-refractivity contribution >= 4 is 29.7 Å². The summed E-state index contributed by atoms with van der Waals surface area (Å²) in [6.45, 7) is 5.80. The number of rotatable bonds is 6. The van der Waals surface area contributed by atoms with Gasteiger partial charge in [0.15, 0.2) is 0 Å². The molecule has 0 saturated carbocycles. The SMILES string of the molecule is CC(C)CC1C(=O)NC(C(=O)NCC(=O)N2CCOCC2)CCCCNC(=O)OCCC[C@@H]1C(=O)NO. The number of nitrogens with zero attached hydrogens (tertiary/aromatic N) is 1. The number of alkyl carbamates (subject to hydrolysis) is 1. The summed E-state index contributed by atoms with van der Waals surface area (Å²) in [4.78, 5) is 64.9. The number of nitrogens with one attached hydrogen (secondary N) is 4. The lowest BCUT2D eigenvalue weighted by molar-refractivity contribution is -0.142. The number of hydroxylamine groups is 1. The van der Waals surface area contributed by atoms with E-state index in [2.05, 4.69) is 16.0 Å². The number of amides is 5. The van der Waals surface area contributed by atoms with Crippen LogP contribution < -0.4 is 21.4 Å². The van der Waals surface area contributed by atoms with E-state index in [1.165, 1.54) is 0 Å². The summed E-state index contributed by atoms with van der Waals surface area (Å²) in [5, 5.41) is 17.4. The minimum Gasteiger partial charge on any atom is -0.450 e. The fraction of sp³-hybridized carbons (Fsp3) is 0.792. The molecular weight excluding hydrogens is 486 g/mol. The molecule has 2 heterocycles. The number of hydrogen-bond acceptors (Lipinski definition) is 8. The molecule has 0 radical (unpaired) electrons. The van der Waals surface area contributed by atoms with Crippen LogP contribution in [0.25, 0.3) is 0 Å². The summed E-state index contributed by atoms with van der Waals surface area (Å²) < 4.78 is 10.4. The highest BCUT2D eigenvalue weighted by Gasteiger charge is 2.36. The molecule has 0 spiro atoms. The monoisotopic (exact) mass is 527 g/mol. The van der Waals surface area contributed by atoms with Gasteiger partial charge in [-0.25, -0.2) is 10.3 Å². The Morgan fingerprint density at radius 2 is 1.78 bits per heavy atom. The first kappa shape index (κ1) is 30.3. The molecule has 2 saturated heterocycles. The number of carbonyl (C=O) groups is 5. The van der Waals surface area contributed by atoms with Gasteiger partial charge in [-0.05, 0) is 44.4 Å². The lowest BCUT2D eigenvalue weighted by atomic mass is 9.81. The molecule has 2 aliphatic heterocycles. The molecule has 0 aromatic heterocycles. The molecule has 0 aliphatic carbocycles. The zero-order valence-corrected chi connectivity index (χ0v) is 21.8. The first-order valence-corrected chi connectivity index (χ1v) is 13.0. The van der Waals surface area contributed by atoms with Gasteiger partial charge in [0.05, 0.1) is 32.3 Å². The molecule has 2 aliphatic rings. The summed E-state index contributed by atoms with van der Waals surface area (Å²) in [7, 11) is 0. The van der Waals surface area contributed by atoms with Crippen LogP contribution in [0.4, 0.5) is 4.79 Å². The third kappa shape index (κ3) is 10.5. The zero-order chi connectivity index (χ0) is 27.2. The van der Waals surface area contributed by atoms with Gasteiger partial charge in [0.2, 0.25) is 23.6 Å².